The van der Waals surface area contributed by atoms with Gasteiger partial charge in [-0.15, -0.1) is 0 Å². The van der Waals surface area contributed by atoms with Gasteiger partial charge in [-0.25, -0.2) is 4.39 Å². The number of rotatable bonds is 5. The molecule has 0 aromatic heterocycles. The number of carboxylic acid groups (broad SMARTS) is 1. The van der Waals surface area contributed by atoms with E-state index in [0.29, 0.717) is 5.56 Å². The van der Waals surface area contributed by atoms with E-state index in [4.69, 9.17) is 21.4 Å². The molecule has 0 spiro atoms. The van der Waals surface area contributed by atoms with Gasteiger partial charge in [0, 0.05) is 0 Å². The van der Waals surface area contributed by atoms with Gasteiger partial charge < -0.3 is 9.84 Å². The van der Waals surface area contributed by atoms with Crippen molar-refractivity contribution in [3.05, 3.63) is 64.4 Å². The maximum Gasteiger partial charge on any atom is 0.307 e. The molecule has 0 heterocycles. The minimum absolute atomic E-state index is 0.0651. The van der Waals surface area contributed by atoms with Crippen molar-refractivity contribution >= 4 is 17.6 Å². The van der Waals surface area contributed by atoms with E-state index in [1.54, 1.807) is 0 Å². The molecular weight excluding hydrogens is 283 g/mol. The Hall–Kier alpha value is -2.07. The number of carboxylic acids is 1. The lowest BCUT2D eigenvalue weighted by atomic mass is 10.1. The second-order valence-electron chi connectivity index (χ2n) is 4.23. The topological polar surface area (TPSA) is 46.5 Å². The van der Waals surface area contributed by atoms with Crippen LogP contribution < -0.4 is 4.74 Å². The summed E-state index contributed by atoms with van der Waals surface area (Å²) in [7, 11) is 0. The summed E-state index contributed by atoms with van der Waals surface area (Å²) in [4.78, 5) is 10.6. The molecule has 0 unspecified atom stereocenters. The van der Waals surface area contributed by atoms with Gasteiger partial charge in [-0.05, 0) is 23.3 Å². The first-order valence-electron chi connectivity index (χ1n) is 5.92. The van der Waals surface area contributed by atoms with Crippen LogP contribution in [0.3, 0.4) is 0 Å². The molecule has 0 bridgehead atoms. The van der Waals surface area contributed by atoms with Crippen LogP contribution in [0.4, 0.5) is 4.39 Å². The Balaban J connectivity index is 2.14. The van der Waals surface area contributed by atoms with Gasteiger partial charge in [-0.3, -0.25) is 4.79 Å². The largest absolute Gasteiger partial charge is 0.484 e. The highest BCUT2D eigenvalue weighted by atomic mass is 35.5. The molecule has 5 heteroatoms. The van der Waals surface area contributed by atoms with E-state index in [9.17, 15) is 9.18 Å². The van der Waals surface area contributed by atoms with Crippen molar-refractivity contribution in [3.63, 3.8) is 0 Å². The smallest absolute Gasteiger partial charge is 0.307 e. The van der Waals surface area contributed by atoms with E-state index in [1.807, 2.05) is 30.3 Å². The highest BCUT2D eigenvalue weighted by Crippen LogP contribution is 2.30. The summed E-state index contributed by atoms with van der Waals surface area (Å²) in [5, 5.41) is 8.74. The lowest BCUT2D eigenvalue weighted by molar-refractivity contribution is -0.136. The van der Waals surface area contributed by atoms with E-state index in [-0.39, 0.29) is 23.8 Å². The van der Waals surface area contributed by atoms with Crippen molar-refractivity contribution in [2.24, 2.45) is 0 Å². The monoisotopic (exact) mass is 294 g/mol. The van der Waals surface area contributed by atoms with Gasteiger partial charge in [-0.2, -0.15) is 0 Å². The summed E-state index contributed by atoms with van der Waals surface area (Å²) in [5.74, 6) is -1.77. The molecule has 2 aromatic rings. The van der Waals surface area contributed by atoms with Crippen molar-refractivity contribution < 1.29 is 19.0 Å². The Kier molecular flexibility index (Phi) is 4.58. The third-order valence-electron chi connectivity index (χ3n) is 2.64. The summed E-state index contributed by atoms with van der Waals surface area (Å²) in [6, 6.07) is 11.8. The summed E-state index contributed by atoms with van der Waals surface area (Å²) in [5.41, 5.74) is 1.18. The van der Waals surface area contributed by atoms with Crippen LogP contribution in [0.5, 0.6) is 5.75 Å². The van der Waals surface area contributed by atoms with Crippen LogP contribution in [0.1, 0.15) is 11.1 Å². The van der Waals surface area contributed by atoms with E-state index in [1.165, 1.54) is 6.07 Å². The predicted octanol–water partition coefficient (Wildman–Crippen LogP) is 3.69. The molecule has 20 heavy (non-hydrogen) atoms. The van der Waals surface area contributed by atoms with Crippen molar-refractivity contribution in [2.75, 3.05) is 0 Å². The Labute approximate surface area is 120 Å². The fourth-order valence-corrected chi connectivity index (χ4v) is 2.04. The van der Waals surface area contributed by atoms with Crippen molar-refractivity contribution in [1.82, 2.24) is 0 Å². The highest BCUT2D eigenvalue weighted by Gasteiger charge is 2.13. The van der Waals surface area contributed by atoms with Crippen molar-refractivity contribution in [2.45, 2.75) is 13.0 Å². The average Bonchev–Trinajstić information content (AvgIpc) is 2.38. The molecule has 104 valence electrons. The number of hydrogen-bond donors (Lipinski definition) is 1. The van der Waals surface area contributed by atoms with Crippen LogP contribution in [0, 0.1) is 5.82 Å². The zero-order chi connectivity index (χ0) is 14.5. The van der Waals surface area contributed by atoms with Crippen LogP contribution in [-0.2, 0) is 17.8 Å². The second kappa shape index (κ2) is 6.39. The van der Waals surface area contributed by atoms with Gasteiger partial charge in [0.2, 0.25) is 0 Å². The lowest BCUT2D eigenvalue weighted by Gasteiger charge is -2.10. The minimum Gasteiger partial charge on any atom is -0.484 e. The number of halogens is 2. The van der Waals surface area contributed by atoms with Gasteiger partial charge in [0.25, 0.3) is 0 Å². The number of aliphatic carboxylic acids is 1. The zero-order valence-electron chi connectivity index (χ0n) is 10.5. The van der Waals surface area contributed by atoms with E-state index < -0.39 is 11.8 Å². The molecule has 0 saturated carbocycles. The van der Waals surface area contributed by atoms with Crippen LogP contribution in [0.15, 0.2) is 42.5 Å². The molecule has 0 aliphatic heterocycles. The van der Waals surface area contributed by atoms with Gasteiger partial charge in [-0.1, -0.05) is 41.9 Å². The van der Waals surface area contributed by atoms with E-state index >= 15 is 0 Å². The first-order chi connectivity index (χ1) is 9.56. The van der Waals surface area contributed by atoms with Crippen LogP contribution in [-0.4, -0.2) is 11.1 Å². The Morgan fingerprint density at radius 2 is 1.90 bits per heavy atom. The molecule has 0 fully saturated rings. The Morgan fingerprint density at radius 1 is 1.20 bits per heavy atom. The second-order valence-corrected chi connectivity index (χ2v) is 4.64. The first kappa shape index (κ1) is 14.3. The van der Waals surface area contributed by atoms with Crippen molar-refractivity contribution in [1.29, 1.82) is 0 Å². The zero-order valence-corrected chi connectivity index (χ0v) is 11.2. The number of ether oxygens (including phenoxy) is 1. The van der Waals surface area contributed by atoms with Gasteiger partial charge >= 0.3 is 5.97 Å². The summed E-state index contributed by atoms with van der Waals surface area (Å²) in [6.45, 7) is 0.190. The quantitative estimate of drug-likeness (QED) is 0.915. The van der Waals surface area contributed by atoms with Crippen LogP contribution in [0.2, 0.25) is 5.02 Å². The lowest BCUT2D eigenvalue weighted by Crippen LogP contribution is -2.03. The number of hydrogen-bond acceptors (Lipinski definition) is 2. The van der Waals surface area contributed by atoms with E-state index in [0.717, 1.165) is 11.6 Å². The third-order valence-corrected chi connectivity index (χ3v) is 2.92. The molecule has 0 aliphatic rings. The molecule has 0 radical (unpaired) electrons. The first-order valence-corrected chi connectivity index (χ1v) is 6.30. The molecular formula is C15H12ClFO3. The molecule has 2 aromatic carbocycles. The molecule has 3 nitrogen and oxygen atoms in total. The van der Waals surface area contributed by atoms with Crippen LogP contribution >= 0.6 is 11.6 Å². The Morgan fingerprint density at radius 3 is 2.50 bits per heavy atom. The molecule has 2 rings (SSSR count). The number of benzene rings is 2. The predicted molar refractivity (Wildman–Crippen MR) is 73.5 cm³/mol. The standard InChI is InChI=1S/C15H12ClFO3/c16-12-6-11(8-14(18)19)7-13(17)15(12)20-9-10-4-2-1-3-5-10/h1-7H,8-9H2,(H,18,19). The SMILES string of the molecule is O=C(O)Cc1cc(F)c(OCc2ccccc2)c(Cl)c1. The fraction of sp³-hybridized carbons (Fsp3) is 0.133. The third kappa shape index (κ3) is 3.71. The number of carbonyl (C=O) groups is 1. The average molecular weight is 295 g/mol. The molecule has 0 aliphatic carbocycles. The molecule has 0 amide bonds. The normalized spacial score (nSPS) is 10.3. The van der Waals surface area contributed by atoms with Crippen LogP contribution in [0.25, 0.3) is 0 Å². The van der Waals surface area contributed by atoms with Gasteiger partial charge in [0.05, 0.1) is 11.4 Å². The summed E-state index contributed by atoms with van der Waals surface area (Å²) in [6.07, 6.45) is -0.282. The maximum absolute atomic E-state index is 13.9. The Bertz CT molecular complexity index is 591. The van der Waals surface area contributed by atoms with E-state index in [2.05, 4.69) is 0 Å². The molecule has 1 N–H and O–H groups in total. The summed E-state index contributed by atoms with van der Waals surface area (Å²) < 4.78 is 19.2. The van der Waals surface area contributed by atoms with Crippen molar-refractivity contribution in [3.8, 4) is 5.75 Å². The molecule has 0 saturated heterocycles. The summed E-state index contributed by atoms with van der Waals surface area (Å²) >= 11 is 5.93. The maximum atomic E-state index is 13.9. The molecule has 0 atom stereocenters. The fourth-order valence-electron chi connectivity index (χ4n) is 1.76. The highest BCUT2D eigenvalue weighted by molar-refractivity contribution is 6.32. The minimum atomic E-state index is -1.04. The van der Waals surface area contributed by atoms with Gasteiger partial charge in [0.1, 0.15) is 6.61 Å². The van der Waals surface area contributed by atoms with Gasteiger partial charge in [0.15, 0.2) is 11.6 Å².